The van der Waals surface area contributed by atoms with Gasteiger partial charge in [-0.2, -0.15) is 0 Å². The van der Waals surface area contributed by atoms with Gasteiger partial charge in [-0.3, -0.25) is 14.5 Å². The van der Waals surface area contributed by atoms with E-state index in [1.807, 2.05) is 6.07 Å². The molecule has 0 unspecified atom stereocenters. The first-order chi connectivity index (χ1) is 14.1. The third-order valence-corrected chi connectivity index (χ3v) is 4.69. The predicted molar refractivity (Wildman–Crippen MR) is 106 cm³/mol. The Hall–Kier alpha value is -4.00. The van der Waals surface area contributed by atoms with E-state index in [1.54, 1.807) is 54.6 Å². The Morgan fingerprint density at radius 1 is 0.966 bits per heavy atom. The van der Waals surface area contributed by atoms with Crippen LogP contribution in [-0.4, -0.2) is 33.9 Å². The molecule has 2 aromatic carbocycles. The molecule has 29 heavy (non-hydrogen) atoms. The molecule has 1 atom stereocenters. The predicted octanol–water partition coefficient (Wildman–Crippen LogP) is 3.11. The number of ketones is 1. The molecule has 1 amide bonds. The van der Waals surface area contributed by atoms with Gasteiger partial charge in [-0.1, -0.05) is 30.3 Å². The maximum atomic E-state index is 12.9. The molecule has 1 saturated heterocycles. The molecule has 1 aliphatic rings. The third-order valence-electron chi connectivity index (χ3n) is 4.69. The zero-order valence-corrected chi connectivity index (χ0v) is 15.5. The van der Waals surface area contributed by atoms with Gasteiger partial charge >= 0.3 is 5.91 Å². The number of rotatable bonds is 4. The van der Waals surface area contributed by atoms with Gasteiger partial charge in [-0.25, -0.2) is 9.97 Å². The van der Waals surface area contributed by atoms with Crippen molar-refractivity contribution in [1.29, 1.82) is 0 Å². The second-order valence-corrected chi connectivity index (χ2v) is 6.36. The summed E-state index contributed by atoms with van der Waals surface area (Å²) >= 11 is 0. The number of amides is 1. The normalized spacial score (nSPS) is 18.1. The Kier molecular flexibility index (Phi) is 4.78. The summed E-state index contributed by atoms with van der Waals surface area (Å²) < 4.78 is 5.13. The van der Waals surface area contributed by atoms with E-state index >= 15 is 0 Å². The molecule has 1 aliphatic heterocycles. The van der Waals surface area contributed by atoms with E-state index in [0.29, 0.717) is 16.9 Å². The minimum atomic E-state index is -0.847. The van der Waals surface area contributed by atoms with Crippen molar-refractivity contribution in [3.63, 3.8) is 0 Å². The number of hydrogen-bond donors (Lipinski definition) is 1. The summed E-state index contributed by atoms with van der Waals surface area (Å²) in [5.41, 5.74) is 1.05. The van der Waals surface area contributed by atoms with Crippen LogP contribution < -0.4 is 9.64 Å². The van der Waals surface area contributed by atoms with E-state index in [4.69, 9.17) is 4.74 Å². The zero-order valence-electron chi connectivity index (χ0n) is 15.5. The van der Waals surface area contributed by atoms with Crippen LogP contribution in [0.4, 0.5) is 5.95 Å². The van der Waals surface area contributed by atoms with Gasteiger partial charge in [0.1, 0.15) is 11.5 Å². The van der Waals surface area contributed by atoms with Crippen molar-refractivity contribution in [2.75, 3.05) is 12.0 Å². The van der Waals surface area contributed by atoms with E-state index in [-0.39, 0.29) is 17.3 Å². The molecule has 2 heterocycles. The number of ether oxygens (including phenoxy) is 1. The maximum absolute atomic E-state index is 12.9. The Morgan fingerprint density at radius 3 is 2.24 bits per heavy atom. The highest BCUT2D eigenvalue weighted by atomic mass is 16.5. The fraction of sp³-hybridized carbons (Fsp3) is 0.0909. The van der Waals surface area contributed by atoms with Crippen LogP contribution in [0.1, 0.15) is 17.2 Å². The number of aliphatic hydroxyl groups is 1. The number of hydrogen-bond acceptors (Lipinski definition) is 6. The molecule has 4 rings (SSSR count). The van der Waals surface area contributed by atoms with Gasteiger partial charge in [0.15, 0.2) is 0 Å². The summed E-state index contributed by atoms with van der Waals surface area (Å²) in [6, 6.07) is 16.4. The van der Waals surface area contributed by atoms with Gasteiger partial charge in [0.05, 0.1) is 18.7 Å². The first-order valence-corrected chi connectivity index (χ1v) is 8.89. The summed E-state index contributed by atoms with van der Waals surface area (Å²) in [4.78, 5) is 35.3. The van der Waals surface area contributed by atoms with Crippen molar-refractivity contribution in [1.82, 2.24) is 9.97 Å². The SMILES string of the molecule is COc1ccc(C(O)=C2C(=O)C(=O)N(c3ncccn3)[C@@H]2c2ccccc2)cc1. The Balaban J connectivity index is 1.91. The molecule has 1 fully saturated rings. The number of carbonyl (C=O) groups excluding carboxylic acids is 2. The Bertz CT molecular complexity index is 1080. The van der Waals surface area contributed by atoms with E-state index in [9.17, 15) is 14.7 Å². The molecule has 1 N–H and O–H groups in total. The van der Waals surface area contributed by atoms with Crippen LogP contribution in [0.3, 0.4) is 0 Å². The van der Waals surface area contributed by atoms with Crippen molar-refractivity contribution in [2.24, 2.45) is 0 Å². The zero-order chi connectivity index (χ0) is 20.4. The fourth-order valence-electron chi connectivity index (χ4n) is 3.31. The smallest absolute Gasteiger partial charge is 0.302 e. The van der Waals surface area contributed by atoms with Crippen LogP contribution in [-0.2, 0) is 9.59 Å². The average molecular weight is 387 g/mol. The molecule has 1 aromatic heterocycles. The number of methoxy groups -OCH3 is 1. The number of anilines is 1. The van der Waals surface area contributed by atoms with Crippen LogP contribution in [0.2, 0.25) is 0 Å². The number of aromatic nitrogens is 2. The van der Waals surface area contributed by atoms with Crippen LogP contribution in [0.15, 0.2) is 78.6 Å². The highest BCUT2D eigenvalue weighted by Gasteiger charge is 2.48. The first-order valence-electron chi connectivity index (χ1n) is 8.89. The average Bonchev–Trinajstić information content (AvgIpc) is 3.05. The summed E-state index contributed by atoms with van der Waals surface area (Å²) in [5, 5.41) is 11.0. The van der Waals surface area contributed by atoms with E-state index in [0.717, 1.165) is 0 Å². The quantitative estimate of drug-likeness (QED) is 0.420. The van der Waals surface area contributed by atoms with Gasteiger partial charge < -0.3 is 9.84 Å². The number of carbonyl (C=O) groups is 2. The van der Waals surface area contributed by atoms with Crippen molar-refractivity contribution in [3.8, 4) is 5.75 Å². The Morgan fingerprint density at radius 2 is 1.62 bits per heavy atom. The lowest BCUT2D eigenvalue weighted by Gasteiger charge is -2.23. The standard InChI is InChI=1S/C22H17N3O4/c1-29-16-10-8-15(9-11-16)19(26)17-18(14-6-3-2-4-7-14)25(21(28)20(17)27)22-23-12-5-13-24-22/h2-13,18,26H,1H3/t18-/m1/s1. The largest absolute Gasteiger partial charge is 0.507 e. The second-order valence-electron chi connectivity index (χ2n) is 6.36. The van der Waals surface area contributed by atoms with E-state index < -0.39 is 17.7 Å². The highest BCUT2D eigenvalue weighted by Crippen LogP contribution is 2.40. The number of Topliss-reactive ketones (excluding diaryl/α,β-unsaturated/α-hetero) is 1. The summed E-state index contributed by atoms with van der Waals surface area (Å²) in [5.74, 6) is -1.14. The van der Waals surface area contributed by atoms with Gasteiger partial charge in [-0.05, 0) is 35.9 Å². The molecule has 144 valence electrons. The van der Waals surface area contributed by atoms with Crippen molar-refractivity contribution in [3.05, 3.63) is 89.8 Å². The lowest BCUT2D eigenvalue weighted by atomic mass is 9.95. The molecule has 7 heteroatoms. The lowest BCUT2D eigenvalue weighted by Crippen LogP contribution is -2.31. The molecule has 0 aliphatic carbocycles. The third kappa shape index (κ3) is 3.23. The number of aliphatic hydroxyl groups excluding tert-OH is 1. The molecule has 3 aromatic rings. The minimum absolute atomic E-state index is 0.0150. The monoisotopic (exact) mass is 387 g/mol. The van der Waals surface area contributed by atoms with Gasteiger partial charge in [0.25, 0.3) is 5.78 Å². The molecule has 0 radical (unpaired) electrons. The topological polar surface area (TPSA) is 92.6 Å². The summed E-state index contributed by atoms with van der Waals surface area (Å²) in [6.07, 6.45) is 2.99. The number of benzene rings is 2. The van der Waals surface area contributed by atoms with Crippen LogP contribution in [0, 0.1) is 0 Å². The number of nitrogens with zero attached hydrogens (tertiary/aromatic N) is 3. The van der Waals surface area contributed by atoms with E-state index in [2.05, 4.69) is 9.97 Å². The highest BCUT2D eigenvalue weighted by molar-refractivity contribution is 6.51. The van der Waals surface area contributed by atoms with E-state index in [1.165, 1.54) is 24.4 Å². The minimum Gasteiger partial charge on any atom is -0.507 e. The van der Waals surface area contributed by atoms with Crippen molar-refractivity contribution < 1.29 is 19.4 Å². The maximum Gasteiger partial charge on any atom is 0.302 e. The fourth-order valence-corrected chi connectivity index (χ4v) is 3.31. The van der Waals surface area contributed by atoms with Crippen LogP contribution >= 0.6 is 0 Å². The summed E-state index contributed by atoms with van der Waals surface area (Å²) in [7, 11) is 1.54. The van der Waals surface area contributed by atoms with Crippen molar-refractivity contribution in [2.45, 2.75) is 6.04 Å². The molecule has 0 saturated carbocycles. The second kappa shape index (κ2) is 7.55. The molecular weight excluding hydrogens is 370 g/mol. The molecule has 0 bridgehead atoms. The first kappa shape index (κ1) is 18.4. The van der Waals surface area contributed by atoms with Gasteiger partial charge in [0.2, 0.25) is 5.95 Å². The molecule has 7 nitrogen and oxygen atoms in total. The van der Waals surface area contributed by atoms with Gasteiger partial charge in [-0.15, -0.1) is 0 Å². The van der Waals surface area contributed by atoms with Crippen LogP contribution in [0.5, 0.6) is 5.75 Å². The van der Waals surface area contributed by atoms with Crippen LogP contribution in [0.25, 0.3) is 5.76 Å². The lowest BCUT2D eigenvalue weighted by molar-refractivity contribution is -0.132. The Labute approximate surface area is 166 Å². The molecular formula is C22H17N3O4. The molecule has 0 spiro atoms. The van der Waals surface area contributed by atoms with Gasteiger partial charge in [0, 0.05) is 18.0 Å². The van der Waals surface area contributed by atoms with Crippen molar-refractivity contribution >= 4 is 23.4 Å². The summed E-state index contributed by atoms with van der Waals surface area (Å²) in [6.45, 7) is 0.